The zero-order valence-corrected chi connectivity index (χ0v) is 12.3. The Hall–Kier alpha value is -1.13. The van der Waals surface area contributed by atoms with Gasteiger partial charge in [0, 0.05) is 24.0 Å². The molecule has 1 aliphatic rings. The molecule has 0 aromatic carbocycles. The highest BCUT2D eigenvalue weighted by Gasteiger charge is 2.18. The molecule has 104 valence electrons. The molecule has 19 heavy (non-hydrogen) atoms. The number of hydrogen-bond donors (Lipinski definition) is 1. The number of carbonyl (C=O) groups is 1. The first-order chi connectivity index (χ1) is 9.29. The highest BCUT2D eigenvalue weighted by molar-refractivity contribution is 7.10. The second-order valence-corrected chi connectivity index (χ2v) is 5.90. The smallest absolute Gasteiger partial charge is 0.246 e. The Labute approximate surface area is 119 Å². The minimum atomic E-state index is 0.134. The molecular formula is C15H22N2OS. The number of likely N-dealkylation sites (N-methyl/N-ethyl adjacent to an activating group) is 1. The highest BCUT2D eigenvalue weighted by Crippen LogP contribution is 2.14. The molecule has 1 amide bonds. The van der Waals surface area contributed by atoms with Crippen molar-refractivity contribution in [3.63, 3.8) is 0 Å². The van der Waals surface area contributed by atoms with E-state index in [2.05, 4.69) is 12.2 Å². The molecule has 3 nitrogen and oxygen atoms in total. The molecule has 0 spiro atoms. The van der Waals surface area contributed by atoms with Crippen molar-refractivity contribution >= 4 is 23.3 Å². The van der Waals surface area contributed by atoms with Crippen molar-refractivity contribution < 1.29 is 4.79 Å². The fourth-order valence-electron chi connectivity index (χ4n) is 2.40. The fourth-order valence-corrected chi connectivity index (χ4v) is 3.01. The van der Waals surface area contributed by atoms with E-state index >= 15 is 0 Å². The maximum Gasteiger partial charge on any atom is 0.246 e. The molecule has 1 aliphatic heterocycles. The highest BCUT2D eigenvalue weighted by atomic mass is 32.1. The molecular weight excluding hydrogens is 256 g/mol. The molecule has 4 heteroatoms. The average Bonchev–Trinajstić information content (AvgIpc) is 2.96. The zero-order valence-electron chi connectivity index (χ0n) is 11.5. The van der Waals surface area contributed by atoms with Crippen molar-refractivity contribution in [2.45, 2.75) is 19.8 Å². The van der Waals surface area contributed by atoms with Crippen LogP contribution in [0.4, 0.5) is 0 Å². The second kappa shape index (κ2) is 7.46. The molecule has 1 aromatic heterocycles. The third-order valence-electron chi connectivity index (χ3n) is 3.56. The molecule has 1 saturated heterocycles. The zero-order chi connectivity index (χ0) is 13.5. The lowest BCUT2D eigenvalue weighted by atomic mass is 9.97. The van der Waals surface area contributed by atoms with E-state index in [4.69, 9.17) is 0 Å². The van der Waals surface area contributed by atoms with Crippen LogP contribution in [0.3, 0.4) is 0 Å². The largest absolute Gasteiger partial charge is 0.339 e. The van der Waals surface area contributed by atoms with E-state index in [-0.39, 0.29) is 5.91 Å². The van der Waals surface area contributed by atoms with E-state index in [1.165, 1.54) is 12.8 Å². The molecule has 2 rings (SSSR count). The van der Waals surface area contributed by atoms with Crippen LogP contribution in [-0.2, 0) is 4.79 Å². The van der Waals surface area contributed by atoms with Gasteiger partial charge in [-0.15, -0.1) is 11.3 Å². The summed E-state index contributed by atoms with van der Waals surface area (Å²) in [4.78, 5) is 15.3. The van der Waals surface area contributed by atoms with Gasteiger partial charge in [-0.2, -0.15) is 0 Å². The SMILES string of the molecule is CCN(CC1CCNCC1)C(=O)C=Cc1cccs1. The maximum atomic E-state index is 12.2. The van der Waals surface area contributed by atoms with Crippen molar-refractivity contribution in [1.29, 1.82) is 0 Å². The van der Waals surface area contributed by atoms with Crippen LogP contribution in [0.5, 0.6) is 0 Å². The van der Waals surface area contributed by atoms with Crippen LogP contribution in [0.15, 0.2) is 23.6 Å². The molecule has 1 fully saturated rings. The molecule has 0 atom stereocenters. The second-order valence-electron chi connectivity index (χ2n) is 4.92. The van der Waals surface area contributed by atoms with Gasteiger partial charge in [0.1, 0.15) is 0 Å². The van der Waals surface area contributed by atoms with E-state index in [0.29, 0.717) is 5.92 Å². The number of piperidine rings is 1. The Bertz CT molecular complexity index is 408. The number of carbonyl (C=O) groups excluding carboxylic acids is 1. The topological polar surface area (TPSA) is 32.3 Å². The summed E-state index contributed by atoms with van der Waals surface area (Å²) < 4.78 is 0. The van der Waals surface area contributed by atoms with E-state index in [0.717, 1.165) is 31.1 Å². The van der Waals surface area contributed by atoms with Crippen LogP contribution in [0.1, 0.15) is 24.6 Å². The minimum absolute atomic E-state index is 0.134. The van der Waals surface area contributed by atoms with Gasteiger partial charge in [-0.25, -0.2) is 0 Å². The summed E-state index contributed by atoms with van der Waals surface area (Å²) in [6, 6.07) is 4.03. The van der Waals surface area contributed by atoms with Gasteiger partial charge >= 0.3 is 0 Å². The van der Waals surface area contributed by atoms with Gasteiger partial charge in [0.2, 0.25) is 5.91 Å². The summed E-state index contributed by atoms with van der Waals surface area (Å²) in [5.74, 6) is 0.787. The van der Waals surface area contributed by atoms with Gasteiger partial charge in [-0.3, -0.25) is 4.79 Å². The number of amides is 1. The summed E-state index contributed by atoms with van der Waals surface area (Å²) in [5.41, 5.74) is 0. The van der Waals surface area contributed by atoms with E-state index < -0.39 is 0 Å². The number of nitrogens with zero attached hydrogens (tertiary/aromatic N) is 1. The Morgan fingerprint density at radius 2 is 2.32 bits per heavy atom. The van der Waals surface area contributed by atoms with E-state index in [1.54, 1.807) is 17.4 Å². The summed E-state index contributed by atoms with van der Waals surface area (Å²) in [7, 11) is 0. The van der Waals surface area contributed by atoms with Crippen molar-refractivity contribution in [2.75, 3.05) is 26.2 Å². The first-order valence-corrected chi connectivity index (χ1v) is 7.88. The van der Waals surface area contributed by atoms with E-state index in [9.17, 15) is 4.79 Å². The number of thiophene rings is 1. The predicted molar refractivity (Wildman–Crippen MR) is 81.2 cm³/mol. The van der Waals surface area contributed by atoms with Gasteiger partial charge in [-0.1, -0.05) is 6.07 Å². The van der Waals surface area contributed by atoms with Gasteiger partial charge in [0.25, 0.3) is 0 Å². The van der Waals surface area contributed by atoms with Crippen molar-refractivity contribution in [1.82, 2.24) is 10.2 Å². The Morgan fingerprint density at radius 1 is 1.53 bits per heavy atom. The minimum Gasteiger partial charge on any atom is -0.339 e. The summed E-state index contributed by atoms with van der Waals surface area (Å²) in [6.07, 6.45) is 5.98. The Balaban J connectivity index is 1.87. The molecule has 1 N–H and O–H groups in total. The molecule has 0 saturated carbocycles. The summed E-state index contributed by atoms with van der Waals surface area (Å²) in [5, 5.41) is 5.39. The number of rotatable bonds is 5. The van der Waals surface area contributed by atoms with Gasteiger partial charge in [0.15, 0.2) is 0 Å². The quantitative estimate of drug-likeness (QED) is 0.840. The normalized spacial score (nSPS) is 16.9. The summed E-state index contributed by atoms with van der Waals surface area (Å²) >= 11 is 1.65. The van der Waals surface area contributed by atoms with Crippen LogP contribution < -0.4 is 5.32 Å². The van der Waals surface area contributed by atoms with Crippen molar-refractivity contribution in [3.05, 3.63) is 28.5 Å². The molecule has 0 aliphatic carbocycles. The van der Waals surface area contributed by atoms with Crippen molar-refractivity contribution in [3.8, 4) is 0 Å². The molecule has 0 unspecified atom stereocenters. The third kappa shape index (κ3) is 4.48. The summed E-state index contributed by atoms with van der Waals surface area (Å²) in [6.45, 7) is 5.91. The third-order valence-corrected chi connectivity index (χ3v) is 4.40. The first kappa shape index (κ1) is 14.3. The van der Waals surface area contributed by atoms with E-state index in [1.807, 2.05) is 28.5 Å². The Kier molecular flexibility index (Phi) is 5.61. The number of nitrogens with one attached hydrogen (secondary N) is 1. The molecule has 0 radical (unpaired) electrons. The van der Waals surface area contributed by atoms with Gasteiger partial charge < -0.3 is 10.2 Å². The maximum absolute atomic E-state index is 12.2. The Morgan fingerprint density at radius 3 is 2.95 bits per heavy atom. The molecule has 1 aromatic rings. The first-order valence-electron chi connectivity index (χ1n) is 7.00. The van der Waals surface area contributed by atoms with Crippen LogP contribution >= 0.6 is 11.3 Å². The molecule has 2 heterocycles. The van der Waals surface area contributed by atoms with Crippen molar-refractivity contribution in [2.24, 2.45) is 5.92 Å². The lowest BCUT2D eigenvalue weighted by molar-refractivity contribution is -0.126. The number of hydrogen-bond acceptors (Lipinski definition) is 3. The fraction of sp³-hybridized carbons (Fsp3) is 0.533. The average molecular weight is 278 g/mol. The van der Waals surface area contributed by atoms with Gasteiger partial charge in [0.05, 0.1) is 0 Å². The lowest BCUT2D eigenvalue weighted by Gasteiger charge is -2.28. The standard InChI is InChI=1S/C15H22N2OS/c1-2-17(12-13-7-9-16-10-8-13)15(18)6-5-14-4-3-11-19-14/h3-6,11,13,16H,2,7-10,12H2,1H3. The predicted octanol–water partition coefficient (Wildman–Crippen LogP) is 2.61. The van der Waals surface area contributed by atoms with Crippen LogP contribution in [-0.4, -0.2) is 37.0 Å². The van der Waals surface area contributed by atoms with Crippen LogP contribution in [0.25, 0.3) is 6.08 Å². The lowest BCUT2D eigenvalue weighted by Crippen LogP contribution is -2.38. The monoisotopic (exact) mass is 278 g/mol. The molecule has 0 bridgehead atoms. The van der Waals surface area contributed by atoms with Gasteiger partial charge in [-0.05, 0) is 56.3 Å². The van der Waals surface area contributed by atoms with Crippen LogP contribution in [0.2, 0.25) is 0 Å². The van der Waals surface area contributed by atoms with Crippen LogP contribution in [0, 0.1) is 5.92 Å².